The van der Waals surface area contributed by atoms with Crippen LogP contribution in [0.2, 0.25) is 0 Å². The van der Waals surface area contributed by atoms with Crippen LogP contribution in [0.3, 0.4) is 0 Å². The highest BCUT2D eigenvalue weighted by atomic mass is 16.5. The SMILES string of the molecule is COCC(C)CC(=O)NCC(O)COC. The van der Waals surface area contributed by atoms with Gasteiger partial charge in [-0.3, -0.25) is 4.79 Å². The fourth-order valence-electron chi connectivity index (χ4n) is 1.22. The van der Waals surface area contributed by atoms with Gasteiger partial charge in [0.1, 0.15) is 0 Å². The van der Waals surface area contributed by atoms with Gasteiger partial charge >= 0.3 is 0 Å². The maximum absolute atomic E-state index is 11.3. The third-order valence-electron chi connectivity index (χ3n) is 1.88. The number of hydrogen-bond donors (Lipinski definition) is 2. The Morgan fingerprint density at radius 2 is 1.93 bits per heavy atom. The van der Waals surface area contributed by atoms with Crippen LogP contribution >= 0.6 is 0 Å². The molecule has 15 heavy (non-hydrogen) atoms. The van der Waals surface area contributed by atoms with E-state index in [1.54, 1.807) is 7.11 Å². The van der Waals surface area contributed by atoms with Crippen LogP contribution in [0.5, 0.6) is 0 Å². The third-order valence-corrected chi connectivity index (χ3v) is 1.88. The molecule has 2 unspecified atom stereocenters. The number of rotatable bonds is 8. The first kappa shape index (κ1) is 14.3. The maximum Gasteiger partial charge on any atom is 0.220 e. The molecule has 0 fully saturated rings. The number of carbonyl (C=O) groups is 1. The molecule has 0 spiro atoms. The van der Waals surface area contributed by atoms with E-state index < -0.39 is 6.10 Å². The molecule has 0 heterocycles. The second-order valence-corrected chi connectivity index (χ2v) is 3.68. The topological polar surface area (TPSA) is 67.8 Å². The number of carbonyl (C=O) groups excluding carboxylic acids is 1. The summed E-state index contributed by atoms with van der Waals surface area (Å²) in [4.78, 5) is 11.3. The second kappa shape index (κ2) is 8.64. The molecule has 0 bridgehead atoms. The van der Waals surface area contributed by atoms with Crippen molar-refractivity contribution < 1.29 is 19.4 Å². The smallest absolute Gasteiger partial charge is 0.220 e. The predicted octanol–water partition coefficient (Wildman–Crippen LogP) is -0.217. The summed E-state index contributed by atoms with van der Waals surface area (Å²) in [5, 5.41) is 11.9. The van der Waals surface area contributed by atoms with Gasteiger partial charge in [-0.15, -0.1) is 0 Å². The van der Waals surface area contributed by atoms with Gasteiger partial charge in [-0.2, -0.15) is 0 Å². The van der Waals surface area contributed by atoms with Gasteiger partial charge in [0.25, 0.3) is 0 Å². The van der Waals surface area contributed by atoms with E-state index in [-0.39, 0.29) is 25.0 Å². The minimum atomic E-state index is -0.642. The van der Waals surface area contributed by atoms with Crippen LogP contribution in [0.1, 0.15) is 13.3 Å². The molecule has 2 N–H and O–H groups in total. The molecule has 0 saturated heterocycles. The Morgan fingerprint density at radius 3 is 2.47 bits per heavy atom. The summed E-state index contributed by atoms with van der Waals surface area (Å²) in [6.45, 7) is 2.96. The zero-order valence-corrected chi connectivity index (χ0v) is 9.66. The molecule has 5 heteroatoms. The van der Waals surface area contributed by atoms with Gasteiger partial charge in [0, 0.05) is 33.8 Å². The summed E-state index contributed by atoms with van der Waals surface area (Å²) >= 11 is 0. The number of amides is 1. The summed E-state index contributed by atoms with van der Waals surface area (Å²) in [6, 6.07) is 0. The van der Waals surface area contributed by atoms with Crippen molar-refractivity contribution in [2.45, 2.75) is 19.4 Å². The summed E-state index contributed by atoms with van der Waals surface area (Å²) in [5.74, 6) is 0.115. The van der Waals surface area contributed by atoms with Crippen molar-refractivity contribution in [1.29, 1.82) is 0 Å². The predicted molar refractivity (Wildman–Crippen MR) is 56.5 cm³/mol. The lowest BCUT2D eigenvalue weighted by atomic mass is 10.1. The van der Waals surface area contributed by atoms with E-state index in [9.17, 15) is 9.90 Å². The Hall–Kier alpha value is -0.650. The van der Waals surface area contributed by atoms with E-state index >= 15 is 0 Å². The highest BCUT2D eigenvalue weighted by molar-refractivity contribution is 5.76. The molecule has 0 aromatic rings. The van der Waals surface area contributed by atoms with Gasteiger partial charge in [-0.25, -0.2) is 0 Å². The van der Waals surface area contributed by atoms with Crippen molar-refractivity contribution in [1.82, 2.24) is 5.32 Å². The monoisotopic (exact) mass is 219 g/mol. The Bertz CT molecular complexity index is 175. The molecule has 0 aliphatic rings. The standard InChI is InChI=1S/C10H21NO4/c1-8(6-14-2)4-10(13)11-5-9(12)7-15-3/h8-9,12H,4-7H2,1-3H3,(H,11,13). The normalized spacial score (nSPS) is 14.7. The molecule has 90 valence electrons. The second-order valence-electron chi connectivity index (χ2n) is 3.68. The molecule has 0 aromatic carbocycles. The molecular formula is C10H21NO4. The molecular weight excluding hydrogens is 198 g/mol. The molecule has 0 rings (SSSR count). The van der Waals surface area contributed by atoms with Crippen LogP contribution < -0.4 is 5.32 Å². The number of nitrogens with one attached hydrogen (secondary N) is 1. The molecule has 0 aromatic heterocycles. The first-order chi connectivity index (χ1) is 7.10. The highest BCUT2D eigenvalue weighted by Crippen LogP contribution is 2.01. The van der Waals surface area contributed by atoms with Crippen LogP contribution in [0.4, 0.5) is 0 Å². The van der Waals surface area contributed by atoms with E-state index in [0.717, 1.165) is 0 Å². The molecule has 0 aliphatic heterocycles. The van der Waals surface area contributed by atoms with E-state index in [4.69, 9.17) is 9.47 Å². The number of aliphatic hydroxyl groups excluding tert-OH is 1. The van der Waals surface area contributed by atoms with Crippen molar-refractivity contribution in [3.05, 3.63) is 0 Å². The Balaban J connectivity index is 3.56. The fourth-order valence-corrected chi connectivity index (χ4v) is 1.22. The largest absolute Gasteiger partial charge is 0.389 e. The molecule has 0 saturated carbocycles. The average molecular weight is 219 g/mol. The van der Waals surface area contributed by atoms with Crippen LogP contribution in [-0.2, 0) is 14.3 Å². The summed E-state index contributed by atoms with van der Waals surface area (Å²) in [7, 11) is 3.11. The summed E-state index contributed by atoms with van der Waals surface area (Å²) in [6.07, 6.45) is -0.232. The highest BCUT2D eigenvalue weighted by Gasteiger charge is 2.10. The van der Waals surface area contributed by atoms with Crippen LogP contribution in [0.15, 0.2) is 0 Å². The van der Waals surface area contributed by atoms with Crippen molar-refractivity contribution >= 4 is 5.91 Å². The quantitative estimate of drug-likeness (QED) is 0.592. The van der Waals surface area contributed by atoms with Gasteiger partial charge in [0.05, 0.1) is 12.7 Å². The van der Waals surface area contributed by atoms with E-state index in [1.807, 2.05) is 6.92 Å². The van der Waals surface area contributed by atoms with Crippen molar-refractivity contribution in [2.75, 3.05) is 34.0 Å². The summed E-state index contributed by atoms with van der Waals surface area (Å²) < 4.78 is 9.65. The van der Waals surface area contributed by atoms with Gasteiger partial charge in [0.15, 0.2) is 0 Å². The summed E-state index contributed by atoms with van der Waals surface area (Å²) in [5.41, 5.74) is 0. The molecule has 5 nitrogen and oxygen atoms in total. The van der Waals surface area contributed by atoms with Gasteiger partial charge in [0.2, 0.25) is 5.91 Å². The lowest BCUT2D eigenvalue weighted by molar-refractivity contribution is -0.122. The minimum absolute atomic E-state index is 0.0743. The molecule has 2 atom stereocenters. The number of hydrogen-bond acceptors (Lipinski definition) is 4. The fraction of sp³-hybridized carbons (Fsp3) is 0.900. The first-order valence-electron chi connectivity index (χ1n) is 5.02. The average Bonchev–Trinajstić information content (AvgIpc) is 2.15. The Labute approximate surface area is 90.8 Å². The Morgan fingerprint density at radius 1 is 1.33 bits per heavy atom. The zero-order chi connectivity index (χ0) is 11.7. The zero-order valence-electron chi connectivity index (χ0n) is 9.66. The van der Waals surface area contributed by atoms with E-state index in [0.29, 0.717) is 13.0 Å². The lowest BCUT2D eigenvalue weighted by Gasteiger charge is -2.13. The lowest BCUT2D eigenvalue weighted by Crippen LogP contribution is -2.35. The molecule has 0 radical (unpaired) electrons. The number of aliphatic hydroxyl groups is 1. The van der Waals surface area contributed by atoms with Crippen molar-refractivity contribution in [3.8, 4) is 0 Å². The minimum Gasteiger partial charge on any atom is -0.389 e. The Kier molecular flexibility index (Phi) is 8.27. The van der Waals surface area contributed by atoms with Crippen LogP contribution in [0, 0.1) is 5.92 Å². The maximum atomic E-state index is 11.3. The van der Waals surface area contributed by atoms with Gasteiger partial charge in [-0.1, -0.05) is 6.92 Å². The first-order valence-corrected chi connectivity index (χ1v) is 5.02. The van der Waals surface area contributed by atoms with Crippen LogP contribution in [0.25, 0.3) is 0 Å². The number of methoxy groups -OCH3 is 2. The van der Waals surface area contributed by atoms with Crippen molar-refractivity contribution in [2.24, 2.45) is 5.92 Å². The van der Waals surface area contributed by atoms with Crippen molar-refractivity contribution in [3.63, 3.8) is 0 Å². The molecule has 1 amide bonds. The van der Waals surface area contributed by atoms with E-state index in [1.165, 1.54) is 7.11 Å². The van der Waals surface area contributed by atoms with Gasteiger partial charge < -0.3 is 19.9 Å². The number of ether oxygens (including phenoxy) is 2. The third kappa shape index (κ3) is 8.35. The van der Waals surface area contributed by atoms with E-state index in [2.05, 4.69) is 5.32 Å². The van der Waals surface area contributed by atoms with Gasteiger partial charge in [-0.05, 0) is 5.92 Å². The molecule has 0 aliphatic carbocycles. The van der Waals surface area contributed by atoms with Crippen LogP contribution in [-0.4, -0.2) is 51.1 Å².